The van der Waals surface area contributed by atoms with Crippen LogP contribution < -0.4 is 4.90 Å². The highest BCUT2D eigenvalue weighted by atomic mass is 16.4. The van der Waals surface area contributed by atoms with Gasteiger partial charge in [0.15, 0.2) is 0 Å². The molecular formula is C16H25NO2. The number of rotatable bonds is 5. The van der Waals surface area contributed by atoms with E-state index in [4.69, 9.17) is 5.11 Å². The highest BCUT2D eigenvalue weighted by Gasteiger charge is 2.28. The summed E-state index contributed by atoms with van der Waals surface area (Å²) in [5, 5.41) is 9.10. The Kier molecular flexibility index (Phi) is 4.61. The fraction of sp³-hybridized carbons (Fsp3) is 0.562. The van der Waals surface area contributed by atoms with Crippen molar-refractivity contribution >= 4 is 11.7 Å². The molecule has 1 aromatic carbocycles. The number of anilines is 1. The van der Waals surface area contributed by atoms with Crippen molar-refractivity contribution in [1.29, 1.82) is 0 Å². The number of aliphatic carboxylic acids is 1. The second-order valence-electron chi connectivity index (χ2n) is 6.28. The van der Waals surface area contributed by atoms with Crippen molar-refractivity contribution in [2.45, 2.75) is 45.4 Å². The quantitative estimate of drug-likeness (QED) is 0.882. The van der Waals surface area contributed by atoms with E-state index in [1.54, 1.807) is 0 Å². The number of hydrogen-bond donors (Lipinski definition) is 1. The van der Waals surface area contributed by atoms with Crippen molar-refractivity contribution in [2.24, 2.45) is 0 Å². The molecule has 1 rings (SSSR count). The van der Waals surface area contributed by atoms with E-state index < -0.39 is 5.97 Å². The standard InChI is InChI=1S/C16H25NO2/c1-11(2)12-7-8-14(17(5)6)13(9-12)16(3,4)10-15(18)19/h7-9,11H,10H2,1-6H3,(H,18,19). The zero-order valence-corrected chi connectivity index (χ0v) is 12.8. The molecule has 0 amide bonds. The molecule has 3 heteroatoms. The Labute approximate surface area is 116 Å². The molecule has 0 heterocycles. The Morgan fingerprint density at radius 3 is 2.32 bits per heavy atom. The molecule has 0 atom stereocenters. The van der Waals surface area contributed by atoms with E-state index in [1.165, 1.54) is 5.56 Å². The van der Waals surface area contributed by atoms with Crippen molar-refractivity contribution in [1.82, 2.24) is 0 Å². The summed E-state index contributed by atoms with van der Waals surface area (Å²) < 4.78 is 0. The third-order valence-electron chi connectivity index (χ3n) is 3.49. The van der Waals surface area contributed by atoms with Crippen LogP contribution in [0.15, 0.2) is 18.2 Å². The van der Waals surface area contributed by atoms with Crippen molar-refractivity contribution in [3.8, 4) is 0 Å². The minimum absolute atomic E-state index is 0.134. The summed E-state index contributed by atoms with van der Waals surface area (Å²) in [4.78, 5) is 13.1. The van der Waals surface area contributed by atoms with Crippen LogP contribution in [0, 0.1) is 0 Å². The Morgan fingerprint density at radius 2 is 1.89 bits per heavy atom. The molecular weight excluding hydrogens is 238 g/mol. The van der Waals surface area contributed by atoms with Crippen molar-refractivity contribution in [2.75, 3.05) is 19.0 Å². The van der Waals surface area contributed by atoms with Gasteiger partial charge in [0.05, 0.1) is 6.42 Å². The van der Waals surface area contributed by atoms with Crippen LogP contribution in [-0.4, -0.2) is 25.2 Å². The molecule has 0 aliphatic rings. The van der Waals surface area contributed by atoms with Gasteiger partial charge in [-0.15, -0.1) is 0 Å². The summed E-state index contributed by atoms with van der Waals surface area (Å²) in [7, 11) is 3.98. The normalized spacial score (nSPS) is 11.7. The van der Waals surface area contributed by atoms with E-state index in [9.17, 15) is 4.79 Å². The van der Waals surface area contributed by atoms with Gasteiger partial charge in [-0.25, -0.2) is 0 Å². The van der Waals surface area contributed by atoms with E-state index in [0.717, 1.165) is 11.3 Å². The van der Waals surface area contributed by atoms with Crippen LogP contribution in [0.5, 0.6) is 0 Å². The van der Waals surface area contributed by atoms with Gasteiger partial charge in [-0.05, 0) is 23.1 Å². The summed E-state index contributed by atoms with van der Waals surface area (Å²) in [5.41, 5.74) is 3.07. The molecule has 0 aromatic heterocycles. The van der Waals surface area contributed by atoms with Gasteiger partial charge in [-0.2, -0.15) is 0 Å². The topological polar surface area (TPSA) is 40.5 Å². The number of nitrogens with zero attached hydrogens (tertiary/aromatic N) is 1. The zero-order chi connectivity index (χ0) is 14.8. The Balaban J connectivity index is 3.35. The first-order valence-corrected chi connectivity index (χ1v) is 6.68. The third kappa shape index (κ3) is 3.72. The average Bonchev–Trinajstić information content (AvgIpc) is 2.26. The summed E-state index contributed by atoms with van der Waals surface area (Å²) in [6, 6.07) is 6.37. The number of carboxylic acid groups (broad SMARTS) is 1. The molecule has 0 aliphatic heterocycles. The zero-order valence-electron chi connectivity index (χ0n) is 12.8. The predicted molar refractivity (Wildman–Crippen MR) is 80.1 cm³/mol. The number of carbonyl (C=O) groups is 1. The third-order valence-corrected chi connectivity index (χ3v) is 3.49. The minimum Gasteiger partial charge on any atom is -0.481 e. The molecule has 0 bridgehead atoms. The summed E-state index contributed by atoms with van der Waals surface area (Å²) in [5.74, 6) is -0.319. The molecule has 0 saturated heterocycles. The summed E-state index contributed by atoms with van der Waals surface area (Å²) in [6.07, 6.45) is 0.134. The lowest BCUT2D eigenvalue weighted by Gasteiger charge is -2.30. The van der Waals surface area contributed by atoms with Crippen LogP contribution >= 0.6 is 0 Å². The van der Waals surface area contributed by atoms with Crippen molar-refractivity contribution in [3.05, 3.63) is 29.3 Å². The lowest BCUT2D eigenvalue weighted by atomic mass is 9.79. The van der Waals surface area contributed by atoms with Crippen molar-refractivity contribution < 1.29 is 9.90 Å². The Morgan fingerprint density at radius 1 is 1.32 bits per heavy atom. The van der Waals surface area contributed by atoms with Crippen LogP contribution in [0.1, 0.15) is 51.2 Å². The van der Waals surface area contributed by atoms with Crippen molar-refractivity contribution in [3.63, 3.8) is 0 Å². The molecule has 0 saturated carbocycles. The number of benzene rings is 1. The van der Waals surface area contributed by atoms with E-state index >= 15 is 0 Å². The predicted octanol–water partition coefficient (Wildman–Crippen LogP) is 3.63. The van der Waals surface area contributed by atoms with E-state index in [-0.39, 0.29) is 11.8 Å². The van der Waals surface area contributed by atoms with Gasteiger partial charge in [0.1, 0.15) is 0 Å². The van der Waals surface area contributed by atoms with E-state index in [1.807, 2.05) is 32.8 Å². The first-order valence-electron chi connectivity index (χ1n) is 6.68. The Hall–Kier alpha value is -1.51. The second kappa shape index (κ2) is 5.64. The largest absolute Gasteiger partial charge is 0.481 e. The van der Waals surface area contributed by atoms with E-state index in [0.29, 0.717) is 5.92 Å². The van der Waals surface area contributed by atoms with Crippen LogP contribution in [0.2, 0.25) is 0 Å². The number of carboxylic acids is 1. The molecule has 19 heavy (non-hydrogen) atoms. The molecule has 0 radical (unpaired) electrons. The highest BCUT2D eigenvalue weighted by molar-refractivity contribution is 5.70. The summed E-state index contributed by atoms with van der Waals surface area (Å²) >= 11 is 0. The van der Waals surface area contributed by atoms with Gasteiger partial charge in [-0.3, -0.25) is 4.79 Å². The van der Waals surface area contributed by atoms with Gasteiger partial charge < -0.3 is 10.0 Å². The van der Waals surface area contributed by atoms with Crippen LogP contribution in [0.3, 0.4) is 0 Å². The van der Waals surface area contributed by atoms with Crippen LogP contribution in [0.25, 0.3) is 0 Å². The highest BCUT2D eigenvalue weighted by Crippen LogP contribution is 2.36. The van der Waals surface area contributed by atoms with Gasteiger partial charge >= 0.3 is 5.97 Å². The molecule has 0 unspecified atom stereocenters. The maximum Gasteiger partial charge on any atom is 0.304 e. The number of hydrogen-bond acceptors (Lipinski definition) is 2. The van der Waals surface area contributed by atoms with Gasteiger partial charge in [0.25, 0.3) is 0 Å². The molecule has 1 N–H and O–H groups in total. The molecule has 0 fully saturated rings. The lowest BCUT2D eigenvalue weighted by molar-refractivity contribution is -0.138. The van der Waals surface area contributed by atoms with Gasteiger partial charge in [-0.1, -0.05) is 39.8 Å². The monoisotopic (exact) mass is 263 g/mol. The molecule has 1 aromatic rings. The maximum atomic E-state index is 11.1. The molecule has 106 valence electrons. The smallest absolute Gasteiger partial charge is 0.304 e. The maximum absolute atomic E-state index is 11.1. The molecule has 0 aliphatic carbocycles. The van der Waals surface area contributed by atoms with Crippen LogP contribution in [0.4, 0.5) is 5.69 Å². The molecule has 3 nitrogen and oxygen atoms in total. The van der Waals surface area contributed by atoms with Gasteiger partial charge in [0.2, 0.25) is 0 Å². The van der Waals surface area contributed by atoms with Crippen LogP contribution in [-0.2, 0) is 10.2 Å². The SMILES string of the molecule is CC(C)c1ccc(N(C)C)c(C(C)(C)CC(=O)O)c1. The fourth-order valence-electron chi connectivity index (χ4n) is 2.32. The fourth-order valence-corrected chi connectivity index (χ4v) is 2.32. The summed E-state index contributed by atoms with van der Waals surface area (Å²) in [6.45, 7) is 8.29. The first kappa shape index (κ1) is 15.5. The average molecular weight is 263 g/mol. The lowest BCUT2D eigenvalue weighted by Crippen LogP contribution is -2.25. The van der Waals surface area contributed by atoms with Gasteiger partial charge in [0, 0.05) is 25.2 Å². The first-order chi connectivity index (χ1) is 8.65. The minimum atomic E-state index is -0.760. The Bertz CT molecular complexity index is 462. The van der Waals surface area contributed by atoms with E-state index in [2.05, 4.69) is 32.0 Å². The second-order valence-corrected chi connectivity index (χ2v) is 6.28. The molecule has 0 spiro atoms.